The Morgan fingerprint density at radius 3 is 2.07 bits per heavy atom. The Morgan fingerprint density at radius 1 is 0.893 bits per heavy atom. The van der Waals surface area contributed by atoms with Crippen molar-refractivity contribution in [2.45, 2.75) is 6.92 Å². The van der Waals surface area contributed by atoms with Crippen LogP contribution in [-0.2, 0) is 0 Å². The van der Waals surface area contributed by atoms with Gasteiger partial charge in [0.1, 0.15) is 0 Å². The summed E-state index contributed by atoms with van der Waals surface area (Å²) in [6.07, 6.45) is 0. The molecule has 0 spiro atoms. The van der Waals surface area contributed by atoms with Crippen LogP contribution in [0.1, 0.15) is 16.1 Å². The molecule has 1 heterocycles. The highest BCUT2D eigenvalue weighted by Crippen LogP contribution is 2.40. The number of methoxy groups -OCH3 is 3. The first-order valence-electron chi connectivity index (χ1n) is 8.71. The number of nitrogens with one attached hydrogen (secondary N) is 1. The smallest absolute Gasteiger partial charge is 0.257 e. The standard InChI is InChI=1S/C22H22N2O4/c1-14-17(10-11-18(23-14)15-8-6-5-7-9-15)22(25)24-16-12-19(26-2)21(28-4)20(13-16)27-3/h5-13H,1-4H3,(H,24,25). The lowest BCUT2D eigenvalue weighted by Crippen LogP contribution is -2.14. The molecule has 1 amide bonds. The minimum absolute atomic E-state index is 0.265. The molecule has 144 valence electrons. The van der Waals surface area contributed by atoms with Crippen molar-refractivity contribution in [3.63, 3.8) is 0 Å². The molecule has 0 saturated heterocycles. The van der Waals surface area contributed by atoms with E-state index in [0.717, 1.165) is 11.3 Å². The van der Waals surface area contributed by atoms with Gasteiger partial charge in [0.15, 0.2) is 11.5 Å². The van der Waals surface area contributed by atoms with E-state index in [-0.39, 0.29) is 5.91 Å². The van der Waals surface area contributed by atoms with Crippen molar-refractivity contribution in [3.05, 3.63) is 65.9 Å². The summed E-state index contributed by atoms with van der Waals surface area (Å²) in [5, 5.41) is 2.86. The molecular formula is C22H22N2O4. The molecule has 0 fully saturated rings. The maximum absolute atomic E-state index is 12.8. The fourth-order valence-electron chi connectivity index (χ4n) is 2.92. The highest BCUT2D eigenvalue weighted by molar-refractivity contribution is 6.05. The number of aryl methyl sites for hydroxylation is 1. The number of carbonyl (C=O) groups excluding carboxylic acids is 1. The van der Waals surface area contributed by atoms with Gasteiger partial charge in [-0.05, 0) is 19.1 Å². The highest BCUT2D eigenvalue weighted by Gasteiger charge is 2.16. The molecule has 28 heavy (non-hydrogen) atoms. The lowest BCUT2D eigenvalue weighted by atomic mass is 10.1. The Hall–Kier alpha value is -3.54. The molecule has 6 heteroatoms. The van der Waals surface area contributed by atoms with Gasteiger partial charge in [0.25, 0.3) is 5.91 Å². The number of hydrogen-bond donors (Lipinski definition) is 1. The second-order valence-corrected chi connectivity index (χ2v) is 6.06. The van der Waals surface area contributed by atoms with Crippen LogP contribution in [0.5, 0.6) is 17.2 Å². The number of rotatable bonds is 6. The number of pyridine rings is 1. The predicted molar refractivity (Wildman–Crippen MR) is 108 cm³/mol. The van der Waals surface area contributed by atoms with Crippen molar-refractivity contribution in [1.82, 2.24) is 4.98 Å². The zero-order valence-corrected chi connectivity index (χ0v) is 16.3. The van der Waals surface area contributed by atoms with Crippen LogP contribution in [0.3, 0.4) is 0 Å². The molecule has 0 aliphatic rings. The molecule has 3 aromatic rings. The quantitative estimate of drug-likeness (QED) is 0.691. The van der Waals surface area contributed by atoms with E-state index in [0.29, 0.717) is 34.2 Å². The Balaban J connectivity index is 1.87. The average Bonchev–Trinajstić information content (AvgIpc) is 2.73. The first-order valence-corrected chi connectivity index (χ1v) is 8.71. The van der Waals surface area contributed by atoms with E-state index in [1.807, 2.05) is 43.3 Å². The second-order valence-electron chi connectivity index (χ2n) is 6.06. The van der Waals surface area contributed by atoms with E-state index >= 15 is 0 Å². The van der Waals surface area contributed by atoms with Crippen LogP contribution < -0.4 is 19.5 Å². The third kappa shape index (κ3) is 3.91. The maximum Gasteiger partial charge on any atom is 0.257 e. The zero-order chi connectivity index (χ0) is 20.1. The third-order valence-electron chi connectivity index (χ3n) is 4.32. The Labute approximate surface area is 164 Å². The highest BCUT2D eigenvalue weighted by atomic mass is 16.5. The minimum Gasteiger partial charge on any atom is -0.493 e. The van der Waals surface area contributed by atoms with Gasteiger partial charge in [0.05, 0.1) is 38.3 Å². The fraction of sp³-hybridized carbons (Fsp3) is 0.182. The largest absolute Gasteiger partial charge is 0.493 e. The number of carbonyl (C=O) groups is 1. The molecule has 2 aromatic carbocycles. The zero-order valence-electron chi connectivity index (χ0n) is 16.3. The van der Waals surface area contributed by atoms with Crippen LogP contribution in [0, 0.1) is 6.92 Å². The van der Waals surface area contributed by atoms with Crippen LogP contribution in [0.2, 0.25) is 0 Å². The van der Waals surface area contributed by atoms with Gasteiger partial charge in [0.2, 0.25) is 5.75 Å². The number of nitrogens with zero attached hydrogens (tertiary/aromatic N) is 1. The summed E-state index contributed by atoms with van der Waals surface area (Å²) in [6, 6.07) is 16.8. The molecule has 0 aliphatic heterocycles. The lowest BCUT2D eigenvalue weighted by Gasteiger charge is -2.15. The van der Waals surface area contributed by atoms with Crippen LogP contribution >= 0.6 is 0 Å². The molecule has 0 unspecified atom stereocenters. The van der Waals surface area contributed by atoms with Crippen LogP contribution in [-0.4, -0.2) is 32.2 Å². The fourth-order valence-corrected chi connectivity index (χ4v) is 2.92. The van der Waals surface area contributed by atoms with Gasteiger partial charge in [-0.2, -0.15) is 0 Å². The number of hydrogen-bond acceptors (Lipinski definition) is 5. The molecule has 0 bridgehead atoms. The van der Waals surface area contributed by atoms with Gasteiger partial charge in [0, 0.05) is 23.4 Å². The Bertz CT molecular complexity index is 962. The van der Waals surface area contributed by atoms with Gasteiger partial charge >= 0.3 is 0 Å². The minimum atomic E-state index is -0.265. The van der Waals surface area contributed by atoms with Crippen LogP contribution in [0.25, 0.3) is 11.3 Å². The first kappa shape index (κ1) is 19.2. The lowest BCUT2D eigenvalue weighted by molar-refractivity contribution is 0.102. The van der Waals surface area contributed by atoms with Crippen molar-refractivity contribution >= 4 is 11.6 Å². The van der Waals surface area contributed by atoms with Gasteiger partial charge in [-0.25, -0.2) is 0 Å². The maximum atomic E-state index is 12.8. The summed E-state index contributed by atoms with van der Waals surface area (Å²) in [4.78, 5) is 17.3. The van der Waals surface area contributed by atoms with Crippen molar-refractivity contribution in [1.29, 1.82) is 0 Å². The Kier molecular flexibility index (Phi) is 5.79. The van der Waals surface area contributed by atoms with E-state index in [9.17, 15) is 4.79 Å². The number of aromatic nitrogens is 1. The van der Waals surface area contributed by atoms with Crippen molar-refractivity contribution in [2.24, 2.45) is 0 Å². The first-order chi connectivity index (χ1) is 13.6. The topological polar surface area (TPSA) is 69.7 Å². The van der Waals surface area contributed by atoms with E-state index < -0.39 is 0 Å². The monoisotopic (exact) mass is 378 g/mol. The number of amides is 1. The summed E-state index contributed by atoms with van der Waals surface area (Å²) in [7, 11) is 4.58. The van der Waals surface area contributed by atoms with Gasteiger partial charge in [-0.3, -0.25) is 9.78 Å². The Morgan fingerprint density at radius 2 is 1.54 bits per heavy atom. The number of anilines is 1. The number of ether oxygens (including phenoxy) is 3. The average molecular weight is 378 g/mol. The molecule has 0 saturated carbocycles. The van der Waals surface area contributed by atoms with Crippen molar-refractivity contribution in [3.8, 4) is 28.5 Å². The van der Waals surface area contributed by atoms with E-state index in [1.165, 1.54) is 21.3 Å². The number of benzene rings is 2. The van der Waals surface area contributed by atoms with Gasteiger partial charge < -0.3 is 19.5 Å². The summed E-state index contributed by atoms with van der Waals surface area (Å²) < 4.78 is 16.0. The predicted octanol–water partition coefficient (Wildman–Crippen LogP) is 4.34. The van der Waals surface area contributed by atoms with Gasteiger partial charge in [-0.15, -0.1) is 0 Å². The molecule has 0 radical (unpaired) electrons. The van der Waals surface area contributed by atoms with Crippen molar-refractivity contribution < 1.29 is 19.0 Å². The normalized spacial score (nSPS) is 10.3. The molecular weight excluding hydrogens is 356 g/mol. The molecule has 0 atom stereocenters. The summed E-state index contributed by atoms with van der Waals surface area (Å²) in [6.45, 7) is 1.82. The molecule has 3 rings (SSSR count). The second kappa shape index (κ2) is 8.43. The van der Waals surface area contributed by atoms with Crippen LogP contribution in [0.15, 0.2) is 54.6 Å². The van der Waals surface area contributed by atoms with E-state index in [2.05, 4.69) is 10.3 Å². The molecule has 1 aromatic heterocycles. The van der Waals surface area contributed by atoms with E-state index in [4.69, 9.17) is 14.2 Å². The SMILES string of the molecule is COc1cc(NC(=O)c2ccc(-c3ccccc3)nc2C)cc(OC)c1OC. The summed E-state index contributed by atoms with van der Waals surface area (Å²) in [5.41, 5.74) is 3.50. The molecule has 6 nitrogen and oxygen atoms in total. The summed E-state index contributed by atoms with van der Waals surface area (Å²) >= 11 is 0. The molecule has 1 N–H and O–H groups in total. The molecule has 0 aliphatic carbocycles. The van der Waals surface area contributed by atoms with Crippen LogP contribution in [0.4, 0.5) is 5.69 Å². The third-order valence-corrected chi connectivity index (χ3v) is 4.32. The van der Waals surface area contributed by atoms with E-state index in [1.54, 1.807) is 18.2 Å². The van der Waals surface area contributed by atoms with Crippen molar-refractivity contribution in [2.75, 3.05) is 26.6 Å². The summed E-state index contributed by atoms with van der Waals surface area (Å²) in [5.74, 6) is 1.13. The van der Waals surface area contributed by atoms with Gasteiger partial charge in [-0.1, -0.05) is 30.3 Å².